The van der Waals surface area contributed by atoms with E-state index in [1.54, 1.807) is 18.2 Å². The molecular weight excluding hydrogens is 630 g/mol. The Bertz CT molecular complexity index is 1700. The summed E-state index contributed by atoms with van der Waals surface area (Å²) in [5, 5.41) is 6.37. The van der Waals surface area contributed by atoms with E-state index in [1.807, 2.05) is 58.0 Å². The van der Waals surface area contributed by atoms with E-state index < -0.39 is 22.0 Å². The first-order chi connectivity index (χ1) is 20.6. The van der Waals surface area contributed by atoms with Crippen LogP contribution in [0.1, 0.15) is 43.9 Å². The van der Waals surface area contributed by atoms with E-state index in [1.165, 1.54) is 18.3 Å². The molecule has 2 N–H and O–H groups in total. The second-order valence-corrected chi connectivity index (χ2v) is 13.1. The number of hydrogen-bond acceptors (Lipinski definition) is 6. The Morgan fingerprint density at radius 3 is 2.44 bits per heavy atom. The van der Waals surface area contributed by atoms with E-state index in [0.717, 1.165) is 21.9 Å². The summed E-state index contributed by atoms with van der Waals surface area (Å²) in [6.07, 6.45) is 1.77. The molecule has 0 aliphatic rings. The van der Waals surface area contributed by atoms with Crippen molar-refractivity contribution in [3.8, 4) is 11.5 Å². The van der Waals surface area contributed by atoms with E-state index in [4.69, 9.17) is 9.47 Å². The molecule has 0 aliphatic heterocycles. The Hall–Kier alpha value is -3.73. The van der Waals surface area contributed by atoms with Crippen molar-refractivity contribution in [3.05, 3.63) is 100 Å². The number of hydrogen-bond donors (Lipinski definition) is 2. The molecule has 0 bridgehead atoms. The van der Waals surface area contributed by atoms with Gasteiger partial charge in [-0.1, -0.05) is 74.0 Å². The zero-order valence-electron chi connectivity index (χ0n) is 24.6. The van der Waals surface area contributed by atoms with Crippen molar-refractivity contribution in [3.63, 3.8) is 0 Å². The second-order valence-electron chi connectivity index (χ2n) is 10.5. The first-order valence-electron chi connectivity index (χ1n) is 14.0. The highest BCUT2D eigenvalue weighted by molar-refractivity contribution is 9.10. The molecule has 0 spiro atoms. The van der Waals surface area contributed by atoms with E-state index in [0.29, 0.717) is 41.2 Å². The van der Waals surface area contributed by atoms with E-state index >= 15 is 0 Å². The summed E-state index contributed by atoms with van der Waals surface area (Å²) in [6, 6.07) is 23.3. The molecular formula is C33H36BrN3O5S. The van der Waals surface area contributed by atoms with Gasteiger partial charge in [0.1, 0.15) is 12.6 Å². The lowest BCUT2D eigenvalue weighted by Gasteiger charge is -2.19. The first kappa shape index (κ1) is 32.2. The maximum absolute atomic E-state index is 13.0. The van der Waals surface area contributed by atoms with Crippen LogP contribution in [-0.4, -0.2) is 33.2 Å². The van der Waals surface area contributed by atoms with Gasteiger partial charge in [-0.25, -0.2) is 13.8 Å². The van der Waals surface area contributed by atoms with Crippen molar-refractivity contribution in [1.82, 2.24) is 10.1 Å². The van der Waals surface area contributed by atoms with Gasteiger partial charge in [-0.3, -0.25) is 4.79 Å². The molecule has 10 heteroatoms. The minimum Gasteiger partial charge on any atom is -0.490 e. The molecule has 0 heterocycles. The summed E-state index contributed by atoms with van der Waals surface area (Å²) >= 11 is 3.59. The maximum atomic E-state index is 13.0. The molecule has 0 fully saturated rings. The second kappa shape index (κ2) is 14.6. The number of hydrazone groups is 1. The number of ether oxygens (including phenoxy) is 2. The lowest BCUT2D eigenvalue weighted by Crippen LogP contribution is -2.46. The number of nitrogens with zero attached hydrogens (tertiary/aromatic N) is 1. The van der Waals surface area contributed by atoms with Crippen LogP contribution in [0.25, 0.3) is 10.8 Å². The van der Waals surface area contributed by atoms with Gasteiger partial charge >= 0.3 is 0 Å². The van der Waals surface area contributed by atoms with Crippen LogP contribution in [0.4, 0.5) is 0 Å². The molecule has 4 aromatic carbocycles. The maximum Gasteiger partial charge on any atom is 0.258 e. The van der Waals surface area contributed by atoms with Crippen LogP contribution in [0.3, 0.4) is 0 Å². The highest BCUT2D eigenvalue weighted by atomic mass is 79.9. The Kier molecular flexibility index (Phi) is 11.0. The first-order valence-corrected chi connectivity index (χ1v) is 16.3. The fraction of sp³-hybridized carbons (Fsp3) is 0.273. The number of carbonyl (C=O) groups is 1. The molecule has 8 nitrogen and oxygen atoms in total. The summed E-state index contributed by atoms with van der Waals surface area (Å²) in [6.45, 7) is 8.36. The number of halogens is 1. The van der Waals surface area contributed by atoms with Crippen molar-refractivity contribution in [2.24, 2.45) is 11.0 Å². The van der Waals surface area contributed by atoms with Crippen molar-refractivity contribution in [1.29, 1.82) is 0 Å². The molecule has 4 aromatic rings. The Morgan fingerprint density at radius 1 is 1.00 bits per heavy atom. The fourth-order valence-corrected chi connectivity index (χ4v) is 6.32. The van der Waals surface area contributed by atoms with Gasteiger partial charge < -0.3 is 9.47 Å². The molecule has 0 unspecified atom stereocenters. The van der Waals surface area contributed by atoms with Crippen molar-refractivity contribution < 1.29 is 22.7 Å². The Balaban J connectivity index is 1.47. The van der Waals surface area contributed by atoms with Crippen LogP contribution in [0.2, 0.25) is 0 Å². The zero-order valence-corrected chi connectivity index (χ0v) is 27.0. The molecule has 4 rings (SSSR count). The van der Waals surface area contributed by atoms with Gasteiger partial charge in [-0.05, 0) is 88.3 Å². The minimum atomic E-state index is -3.90. The number of carbonyl (C=O) groups excluding carboxylic acids is 1. The summed E-state index contributed by atoms with van der Waals surface area (Å²) < 4.78 is 41.2. The molecule has 0 saturated heterocycles. The molecule has 1 atom stereocenters. The van der Waals surface area contributed by atoms with Gasteiger partial charge in [0.25, 0.3) is 5.91 Å². The van der Waals surface area contributed by atoms with Crippen LogP contribution in [0.15, 0.2) is 93.3 Å². The van der Waals surface area contributed by atoms with E-state index in [-0.39, 0.29) is 10.8 Å². The van der Waals surface area contributed by atoms with Gasteiger partial charge in [-0.15, -0.1) is 0 Å². The van der Waals surface area contributed by atoms with E-state index in [9.17, 15) is 13.2 Å². The Labute approximate surface area is 261 Å². The largest absolute Gasteiger partial charge is 0.490 e. The molecule has 0 saturated carbocycles. The van der Waals surface area contributed by atoms with Crippen molar-refractivity contribution in [2.45, 2.75) is 51.7 Å². The predicted molar refractivity (Wildman–Crippen MR) is 174 cm³/mol. The quantitative estimate of drug-likeness (QED) is 0.122. The summed E-state index contributed by atoms with van der Waals surface area (Å²) in [4.78, 5) is 13.1. The van der Waals surface area contributed by atoms with Gasteiger partial charge in [0.15, 0.2) is 11.5 Å². The van der Waals surface area contributed by atoms with Crippen LogP contribution in [-0.2, 0) is 21.4 Å². The molecule has 1 amide bonds. The number of fused-ring (bicyclic) bond motifs is 1. The summed E-state index contributed by atoms with van der Waals surface area (Å²) in [7, 11) is -3.90. The Morgan fingerprint density at radius 2 is 1.72 bits per heavy atom. The van der Waals surface area contributed by atoms with Crippen LogP contribution in [0, 0.1) is 12.8 Å². The third-order valence-electron chi connectivity index (χ3n) is 6.62. The van der Waals surface area contributed by atoms with Crippen LogP contribution in [0.5, 0.6) is 11.5 Å². The fourth-order valence-electron chi connectivity index (χ4n) is 4.53. The van der Waals surface area contributed by atoms with Gasteiger partial charge in [0, 0.05) is 0 Å². The SMILES string of the molecule is CCOc1cc(/C=N\NC(=O)[C@@H](CC(C)C)NS(=O)(=O)c2ccc(C)cc2)cc(Br)c1OCc1cccc2ccccc12. The molecule has 226 valence electrons. The van der Waals surface area contributed by atoms with Gasteiger partial charge in [-0.2, -0.15) is 9.82 Å². The molecule has 0 aromatic heterocycles. The molecule has 0 radical (unpaired) electrons. The van der Waals surface area contributed by atoms with Crippen LogP contribution >= 0.6 is 15.9 Å². The number of benzene rings is 4. The average molecular weight is 667 g/mol. The standard InChI is InChI=1S/C33H36BrN3O5S/c1-5-41-31-19-24(18-29(34)32(31)42-21-26-11-8-10-25-9-6-7-12-28(25)26)20-35-36-33(38)30(17-22(2)3)37-43(39,40)27-15-13-23(4)14-16-27/h6-16,18-20,22,30,37H,5,17,21H2,1-4H3,(H,36,38)/b35-20-/t30-/m1/s1. The highest BCUT2D eigenvalue weighted by Gasteiger charge is 2.26. The number of rotatable bonds is 13. The molecule has 0 aliphatic carbocycles. The lowest BCUT2D eigenvalue weighted by atomic mass is 10.0. The lowest BCUT2D eigenvalue weighted by molar-refractivity contribution is -0.123. The number of nitrogens with one attached hydrogen (secondary N) is 2. The smallest absolute Gasteiger partial charge is 0.258 e. The summed E-state index contributed by atoms with van der Waals surface area (Å²) in [5.41, 5.74) is 5.12. The highest BCUT2D eigenvalue weighted by Crippen LogP contribution is 2.37. The monoisotopic (exact) mass is 665 g/mol. The number of amides is 1. The average Bonchev–Trinajstić information content (AvgIpc) is 2.96. The number of aryl methyl sites for hydroxylation is 1. The van der Waals surface area contributed by atoms with Crippen molar-refractivity contribution in [2.75, 3.05) is 6.61 Å². The zero-order chi connectivity index (χ0) is 31.0. The van der Waals surface area contributed by atoms with Crippen molar-refractivity contribution >= 4 is 48.8 Å². The summed E-state index contributed by atoms with van der Waals surface area (Å²) in [5.74, 6) is 0.582. The minimum absolute atomic E-state index is 0.0616. The molecule has 43 heavy (non-hydrogen) atoms. The normalized spacial score (nSPS) is 12.5. The van der Waals surface area contributed by atoms with Crippen LogP contribution < -0.4 is 19.6 Å². The topological polar surface area (TPSA) is 106 Å². The number of sulfonamides is 1. The van der Waals surface area contributed by atoms with Gasteiger partial charge in [0.2, 0.25) is 10.0 Å². The van der Waals surface area contributed by atoms with Gasteiger partial charge in [0.05, 0.1) is 22.2 Å². The third-order valence-corrected chi connectivity index (χ3v) is 8.70. The van der Waals surface area contributed by atoms with E-state index in [2.05, 4.69) is 49.4 Å². The predicted octanol–water partition coefficient (Wildman–Crippen LogP) is 6.73. The third kappa shape index (κ3) is 8.65.